The summed E-state index contributed by atoms with van der Waals surface area (Å²) in [7, 11) is 1.84. The van der Waals surface area contributed by atoms with E-state index in [1.165, 1.54) is 5.69 Å². The Morgan fingerprint density at radius 2 is 1.92 bits per heavy atom. The number of hydrogen-bond acceptors (Lipinski definition) is 3. The van der Waals surface area contributed by atoms with Gasteiger partial charge in [0.05, 0.1) is 5.92 Å². The van der Waals surface area contributed by atoms with E-state index in [9.17, 15) is 9.59 Å². The third kappa shape index (κ3) is 4.37. The third-order valence-corrected chi connectivity index (χ3v) is 5.30. The van der Waals surface area contributed by atoms with Gasteiger partial charge in [0.1, 0.15) is 0 Å². The van der Waals surface area contributed by atoms with Crippen LogP contribution in [-0.4, -0.2) is 49.9 Å². The summed E-state index contributed by atoms with van der Waals surface area (Å²) in [5.74, 6) is -0.0936. The second kappa shape index (κ2) is 9.06. The van der Waals surface area contributed by atoms with Crippen LogP contribution in [0.3, 0.4) is 0 Å². The quantitative estimate of drug-likeness (QED) is 0.714. The maximum Gasteiger partial charge on any atom is 0.227 e. The van der Waals surface area contributed by atoms with Crippen molar-refractivity contribution in [3.63, 3.8) is 0 Å². The van der Waals surface area contributed by atoms with Crippen molar-refractivity contribution >= 4 is 23.2 Å². The Labute approximate surface area is 158 Å². The van der Waals surface area contributed by atoms with Crippen LogP contribution in [-0.2, 0) is 9.59 Å². The third-order valence-electron chi connectivity index (χ3n) is 5.30. The minimum absolute atomic E-state index is 0.0472. The van der Waals surface area contributed by atoms with E-state index < -0.39 is 0 Å². The van der Waals surface area contributed by atoms with E-state index in [0.29, 0.717) is 13.0 Å². The second-order valence-electron chi connectivity index (χ2n) is 7.16. The van der Waals surface area contributed by atoms with Crippen molar-refractivity contribution in [2.45, 2.75) is 47.0 Å². The van der Waals surface area contributed by atoms with Gasteiger partial charge in [-0.2, -0.15) is 0 Å². The van der Waals surface area contributed by atoms with Gasteiger partial charge < -0.3 is 14.7 Å². The van der Waals surface area contributed by atoms with Gasteiger partial charge in [-0.1, -0.05) is 13.3 Å². The topological polar surface area (TPSA) is 43.9 Å². The standard InChI is InChI=1S/C21H33N3O2/c1-6-9-12-22(5)21(26)17-14-20(25)24(15-17)19-11-10-18(13-16(19)4)23(7-2)8-3/h10-11,13,17H,6-9,12,14-15H2,1-5H3. The highest BCUT2D eigenvalue weighted by Crippen LogP contribution is 2.31. The number of anilines is 2. The van der Waals surface area contributed by atoms with E-state index in [1.807, 2.05) is 20.0 Å². The SMILES string of the molecule is CCCCN(C)C(=O)C1CC(=O)N(c2ccc(N(CC)CC)cc2C)C1. The predicted molar refractivity (Wildman–Crippen MR) is 108 cm³/mol. The molecule has 0 radical (unpaired) electrons. The average Bonchev–Trinajstić information content (AvgIpc) is 3.01. The van der Waals surface area contributed by atoms with Crippen LogP contribution >= 0.6 is 0 Å². The fourth-order valence-electron chi connectivity index (χ4n) is 3.65. The number of carbonyl (C=O) groups is 2. The van der Waals surface area contributed by atoms with Gasteiger partial charge in [-0.15, -0.1) is 0 Å². The molecule has 5 nitrogen and oxygen atoms in total. The lowest BCUT2D eigenvalue weighted by atomic mass is 10.1. The number of aryl methyl sites for hydroxylation is 1. The molecule has 1 fully saturated rings. The first-order chi connectivity index (χ1) is 12.4. The van der Waals surface area contributed by atoms with Crippen LogP contribution in [0.15, 0.2) is 18.2 Å². The molecule has 1 heterocycles. The van der Waals surface area contributed by atoms with Crippen molar-refractivity contribution in [2.75, 3.05) is 43.0 Å². The van der Waals surface area contributed by atoms with Crippen molar-refractivity contribution in [2.24, 2.45) is 5.92 Å². The monoisotopic (exact) mass is 359 g/mol. The van der Waals surface area contributed by atoms with Crippen molar-refractivity contribution in [1.82, 2.24) is 4.90 Å². The summed E-state index contributed by atoms with van der Waals surface area (Å²) < 4.78 is 0. The Kier molecular flexibility index (Phi) is 7.06. The zero-order chi connectivity index (χ0) is 19.3. The molecule has 0 saturated carbocycles. The minimum Gasteiger partial charge on any atom is -0.372 e. The molecule has 0 aromatic heterocycles. The van der Waals surface area contributed by atoms with E-state index in [2.05, 4.69) is 37.8 Å². The lowest BCUT2D eigenvalue weighted by Crippen LogP contribution is -2.35. The summed E-state index contributed by atoms with van der Waals surface area (Å²) in [4.78, 5) is 31.0. The number of hydrogen-bond donors (Lipinski definition) is 0. The first-order valence-corrected chi connectivity index (χ1v) is 9.83. The van der Waals surface area contributed by atoms with E-state index in [4.69, 9.17) is 0 Å². The molecule has 0 spiro atoms. The minimum atomic E-state index is -0.230. The smallest absolute Gasteiger partial charge is 0.227 e. The summed E-state index contributed by atoms with van der Waals surface area (Å²) in [6.45, 7) is 11.6. The maximum atomic E-state index is 12.6. The average molecular weight is 360 g/mol. The van der Waals surface area contributed by atoms with E-state index in [1.54, 1.807) is 9.80 Å². The van der Waals surface area contributed by atoms with E-state index in [-0.39, 0.29) is 17.7 Å². The number of amides is 2. The fraction of sp³-hybridized carbons (Fsp3) is 0.619. The molecule has 1 aliphatic heterocycles. The van der Waals surface area contributed by atoms with Crippen molar-refractivity contribution in [3.05, 3.63) is 23.8 Å². The lowest BCUT2D eigenvalue weighted by Gasteiger charge is -2.25. The van der Waals surface area contributed by atoms with E-state index >= 15 is 0 Å². The lowest BCUT2D eigenvalue weighted by molar-refractivity contribution is -0.134. The Morgan fingerprint density at radius 1 is 1.23 bits per heavy atom. The molecule has 1 unspecified atom stereocenters. The fourth-order valence-corrected chi connectivity index (χ4v) is 3.65. The van der Waals surface area contributed by atoms with Gasteiger partial charge in [-0.25, -0.2) is 0 Å². The molecule has 5 heteroatoms. The Bertz CT molecular complexity index is 640. The number of rotatable bonds is 8. The molecule has 144 valence electrons. The van der Waals surface area contributed by atoms with Crippen LogP contribution in [0.1, 0.15) is 45.6 Å². The summed E-state index contributed by atoms with van der Waals surface area (Å²) >= 11 is 0. The summed E-state index contributed by atoms with van der Waals surface area (Å²) in [6, 6.07) is 6.23. The normalized spacial score (nSPS) is 16.9. The van der Waals surface area contributed by atoms with Crippen LogP contribution in [0.4, 0.5) is 11.4 Å². The molecule has 1 atom stereocenters. The van der Waals surface area contributed by atoms with Crippen LogP contribution in [0, 0.1) is 12.8 Å². The van der Waals surface area contributed by atoms with Gasteiger partial charge in [0.15, 0.2) is 0 Å². The molecule has 1 saturated heterocycles. The van der Waals surface area contributed by atoms with Crippen LogP contribution < -0.4 is 9.80 Å². The Balaban J connectivity index is 2.12. The van der Waals surface area contributed by atoms with Gasteiger partial charge in [-0.05, 0) is 51.0 Å². The number of benzene rings is 1. The molecule has 1 aromatic rings. The highest BCUT2D eigenvalue weighted by molar-refractivity contribution is 6.01. The summed E-state index contributed by atoms with van der Waals surface area (Å²) in [5, 5.41) is 0. The van der Waals surface area contributed by atoms with Crippen molar-refractivity contribution in [3.8, 4) is 0 Å². The van der Waals surface area contributed by atoms with Crippen molar-refractivity contribution in [1.29, 1.82) is 0 Å². The van der Waals surface area contributed by atoms with Crippen LogP contribution in [0.25, 0.3) is 0 Å². The summed E-state index contributed by atoms with van der Waals surface area (Å²) in [5.41, 5.74) is 3.18. The zero-order valence-corrected chi connectivity index (χ0v) is 16.9. The largest absolute Gasteiger partial charge is 0.372 e. The first-order valence-electron chi connectivity index (χ1n) is 9.83. The molecular weight excluding hydrogens is 326 g/mol. The molecule has 1 aliphatic rings. The molecular formula is C21H33N3O2. The molecule has 2 amide bonds. The Hall–Kier alpha value is -2.04. The van der Waals surface area contributed by atoms with Gasteiger partial charge >= 0.3 is 0 Å². The van der Waals surface area contributed by atoms with Gasteiger partial charge in [-0.3, -0.25) is 9.59 Å². The first kappa shape index (κ1) is 20.3. The number of carbonyl (C=O) groups excluding carboxylic acids is 2. The molecule has 1 aromatic carbocycles. The highest BCUT2D eigenvalue weighted by atomic mass is 16.2. The van der Waals surface area contributed by atoms with Crippen LogP contribution in [0.5, 0.6) is 0 Å². The van der Waals surface area contributed by atoms with Gasteiger partial charge in [0.25, 0.3) is 0 Å². The molecule has 2 rings (SSSR count). The van der Waals surface area contributed by atoms with Gasteiger partial charge in [0, 0.05) is 51.0 Å². The van der Waals surface area contributed by atoms with Gasteiger partial charge in [0.2, 0.25) is 11.8 Å². The molecule has 26 heavy (non-hydrogen) atoms. The number of unbranched alkanes of at least 4 members (excludes halogenated alkanes) is 1. The molecule has 0 bridgehead atoms. The molecule has 0 aliphatic carbocycles. The zero-order valence-electron chi connectivity index (χ0n) is 16.9. The number of nitrogens with zero attached hydrogens (tertiary/aromatic N) is 3. The molecule has 0 N–H and O–H groups in total. The Morgan fingerprint density at radius 3 is 2.50 bits per heavy atom. The second-order valence-corrected chi connectivity index (χ2v) is 7.16. The predicted octanol–water partition coefficient (Wildman–Crippen LogP) is 3.45. The van der Waals surface area contributed by atoms with Crippen LogP contribution in [0.2, 0.25) is 0 Å². The highest BCUT2D eigenvalue weighted by Gasteiger charge is 2.36. The maximum absolute atomic E-state index is 12.6. The van der Waals surface area contributed by atoms with Crippen molar-refractivity contribution < 1.29 is 9.59 Å². The summed E-state index contributed by atoms with van der Waals surface area (Å²) in [6.07, 6.45) is 2.37. The van der Waals surface area contributed by atoms with E-state index in [0.717, 1.165) is 43.7 Å².